The van der Waals surface area contributed by atoms with E-state index in [4.69, 9.17) is 9.47 Å². The zero-order valence-corrected chi connectivity index (χ0v) is 11.6. The van der Waals surface area contributed by atoms with Gasteiger partial charge in [0.1, 0.15) is 11.5 Å². The second-order valence-corrected chi connectivity index (χ2v) is 4.88. The van der Waals surface area contributed by atoms with Crippen molar-refractivity contribution in [2.24, 2.45) is 0 Å². The lowest BCUT2D eigenvalue weighted by molar-refractivity contribution is -0.149. The first-order valence-electron chi connectivity index (χ1n) is 6.18. The molecule has 2 unspecified atom stereocenters. The van der Waals surface area contributed by atoms with Crippen molar-refractivity contribution in [2.75, 3.05) is 0 Å². The number of esters is 1. The van der Waals surface area contributed by atoms with Gasteiger partial charge < -0.3 is 14.6 Å². The summed E-state index contributed by atoms with van der Waals surface area (Å²) in [6, 6.07) is 2.87. The molecule has 20 heavy (non-hydrogen) atoms. The molecule has 0 radical (unpaired) electrons. The van der Waals surface area contributed by atoms with Crippen LogP contribution in [-0.2, 0) is 9.53 Å². The molecule has 5 nitrogen and oxygen atoms in total. The topological polar surface area (TPSA) is 72.8 Å². The van der Waals surface area contributed by atoms with Gasteiger partial charge in [0.15, 0.2) is 18.0 Å². The summed E-state index contributed by atoms with van der Waals surface area (Å²) in [5.41, 5.74) is 1.40. The van der Waals surface area contributed by atoms with Crippen molar-refractivity contribution >= 4 is 11.8 Å². The normalized spacial score (nSPS) is 19.9. The molecule has 1 aromatic carbocycles. The molecule has 0 aromatic heterocycles. The number of hydrogen-bond acceptors (Lipinski definition) is 5. The predicted octanol–water partition coefficient (Wildman–Crippen LogP) is 2.54. The van der Waals surface area contributed by atoms with Crippen molar-refractivity contribution in [1.82, 2.24) is 0 Å². The molecule has 1 aliphatic rings. The van der Waals surface area contributed by atoms with Gasteiger partial charge in [-0.3, -0.25) is 9.59 Å². The maximum Gasteiger partial charge on any atom is 0.303 e. The minimum atomic E-state index is -0.660. The summed E-state index contributed by atoms with van der Waals surface area (Å²) in [6.07, 6.45) is -1.18. The molecule has 0 amide bonds. The smallest absolute Gasteiger partial charge is 0.303 e. The van der Waals surface area contributed by atoms with Crippen molar-refractivity contribution in [1.29, 1.82) is 0 Å². The third-order valence-corrected chi connectivity index (χ3v) is 3.12. The van der Waals surface area contributed by atoms with Gasteiger partial charge in [-0.1, -0.05) is 6.58 Å². The monoisotopic (exact) mass is 276 g/mol. The van der Waals surface area contributed by atoms with Crippen LogP contribution in [0.4, 0.5) is 0 Å². The van der Waals surface area contributed by atoms with E-state index in [9.17, 15) is 14.7 Å². The van der Waals surface area contributed by atoms with Gasteiger partial charge in [-0.05, 0) is 31.6 Å². The fraction of sp³-hybridized carbons (Fsp3) is 0.333. The quantitative estimate of drug-likeness (QED) is 0.521. The minimum Gasteiger partial charge on any atom is -0.507 e. The standard InChI is InChI=1S/C15H16O5/c1-7(2)14-15(19-9(4)17)11-5-12(18)10(8(3)16)6-13(11)20-14/h5-6,14-15,18H,1H2,2-4H3. The van der Waals surface area contributed by atoms with Crippen LogP contribution >= 0.6 is 0 Å². The maximum absolute atomic E-state index is 11.4. The van der Waals surface area contributed by atoms with Gasteiger partial charge in [-0.2, -0.15) is 0 Å². The number of carbonyl (C=O) groups excluding carboxylic acids is 2. The molecular formula is C15H16O5. The van der Waals surface area contributed by atoms with Crippen LogP contribution in [-0.4, -0.2) is 23.0 Å². The summed E-state index contributed by atoms with van der Waals surface area (Å²) < 4.78 is 10.9. The molecule has 106 valence electrons. The van der Waals surface area contributed by atoms with Crippen LogP contribution in [0.2, 0.25) is 0 Å². The first-order chi connectivity index (χ1) is 9.31. The van der Waals surface area contributed by atoms with Crippen LogP contribution in [0.1, 0.15) is 42.8 Å². The number of ketones is 1. The highest BCUT2D eigenvalue weighted by atomic mass is 16.6. The number of benzene rings is 1. The summed E-state index contributed by atoms with van der Waals surface area (Å²) in [5, 5.41) is 9.88. The van der Waals surface area contributed by atoms with E-state index in [0.29, 0.717) is 16.9 Å². The molecule has 0 fully saturated rings. The second-order valence-electron chi connectivity index (χ2n) is 4.88. The Morgan fingerprint density at radius 1 is 1.30 bits per heavy atom. The van der Waals surface area contributed by atoms with Gasteiger partial charge in [-0.15, -0.1) is 0 Å². The number of rotatable bonds is 3. The highest BCUT2D eigenvalue weighted by Crippen LogP contribution is 2.44. The van der Waals surface area contributed by atoms with Crippen molar-refractivity contribution < 1.29 is 24.2 Å². The molecule has 0 saturated heterocycles. The summed E-state index contributed by atoms with van der Waals surface area (Å²) in [6.45, 7) is 8.23. The Hall–Kier alpha value is -2.30. The molecule has 0 saturated carbocycles. The van der Waals surface area contributed by atoms with E-state index >= 15 is 0 Å². The molecule has 2 atom stereocenters. The third-order valence-electron chi connectivity index (χ3n) is 3.12. The number of phenols is 1. The van der Waals surface area contributed by atoms with Crippen LogP contribution in [0.25, 0.3) is 0 Å². The molecular weight excluding hydrogens is 260 g/mol. The Kier molecular flexibility index (Phi) is 3.53. The summed E-state index contributed by atoms with van der Waals surface area (Å²) in [5.74, 6) is -0.448. The Morgan fingerprint density at radius 2 is 1.95 bits per heavy atom. The average molecular weight is 276 g/mol. The van der Waals surface area contributed by atoms with Crippen LogP contribution < -0.4 is 4.74 Å². The number of aromatic hydroxyl groups is 1. The van der Waals surface area contributed by atoms with E-state index in [-0.39, 0.29) is 17.1 Å². The molecule has 0 bridgehead atoms. The van der Waals surface area contributed by atoms with Gasteiger partial charge in [0.05, 0.1) is 5.56 Å². The Morgan fingerprint density at radius 3 is 2.45 bits per heavy atom. The van der Waals surface area contributed by atoms with E-state index < -0.39 is 18.2 Å². The number of carbonyl (C=O) groups is 2. The molecule has 0 aliphatic carbocycles. The van der Waals surface area contributed by atoms with Crippen LogP contribution in [0.5, 0.6) is 11.5 Å². The Bertz CT molecular complexity index is 603. The Labute approximate surface area is 116 Å². The van der Waals surface area contributed by atoms with E-state index in [1.165, 1.54) is 26.0 Å². The first kappa shape index (κ1) is 14.1. The summed E-state index contributed by atoms with van der Waals surface area (Å²) >= 11 is 0. The fourth-order valence-corrected chi connectivity index (χ4v) is 2.22. The van der Waals surface area contributed by atoms with E-state index in [1.807, 2.05) is 0 Å². The van der Waals surface area contributed by atoms with Crippen molar-refractivity contribution in [3.8, 4) is 11.5 Å². The number of phenolic OH excluding ortho intramolecular Hbond substituents is 1. The van der Waals surface area contributed by atoms with Gasteiger partial charge in [0.25, 0.3) is 0 Å². The first-order valence-corrected chi connectivity index (χ1v) is 6.18. The maximum atomic E-state index is 11.4. The molecule has 1 aliphatic heterocycles. The average Bonchev–Trinajstić information content (AvgIpc) is 2.66. The lowest BCUT2D eigenvalue weighted by Gasteiger charge is -2.18. The van der Waals surface area contributed by atoms with Crippen molar-refractivity contribution in [3.63, 3.8) is 0 Å². The highest BCUT2D eigenvalue weighted by Gasteiger charge is 2.38. The van der Waals surface area contributed by atoms with Crippen molar-refractivity contribution in [3.05, 3.63) is 35.4 Å². The number of Topliss-reactive ketones (excluding diaryl/α,β-unsaturated/α-hetero) is 1. The predicted molar refractivity (Wildman–Crippen MR) is 71.8 cm³/mol. The fourth-order valence-electron chi connectivity index (χ4n) is 2.22. The largest absolute Gasteiger partial charge is 0.507 e. The molecule has 1 N–H and O–H groups in total. The molecule has 1 heterocycles. The van der Waals surface area contributed by atoms with Crippen LogP contribution in [0, 0.1) is 0 Å². The van der Waals surface area contributed by atoms with E-state index in [2.05, 4.69) is 6.58 Å². The van der Waals surface area contributed by atoms with Gasteiger partial charge in [-0.25, -0.2) is 0 Å². The number of hydrogen-bond donors (Lipinski definition) is 1. The minimum absolute atomic E-state index is 0.153. The summed E-state index contributed by atoms with van der Waals surface area (Å²) in [4.78, 5) is 22.6. The molecule has 0 spiro atoms. The zero-order valence-electron chi connectivity index (χ0n) is 11.6. The zero-order chi connectivity index (χ0) is 15.0. The van der Waals surface area contributed by atoms with E-state index in [0.717, 1.165) is 0 Å². The van der Waals surface area contributed by atoms with Crippen LogP contribution in [0.15, 0.2) is 24.3 Å². The van der Waals surface area contributed by atoms with Gasteiger partial charge >= 0.3 is 5.97 Å². The molecule has 1 aromatic rings. The van der Waals surface area contributed by atoms with Crippen LogP contribution in [0.3, 0.4) is 0 Å². The van der Waals surface area contributed by atoms with E-state index in [1.54, 1.807) is 6.92 Å². The number of fused-ring (bicyclic) bond motifs is 1. The lowest BCUT2D eigenvalue weighted by Crippen LogP contribution is -2.23. The second kappa shape index (κ2) is 5.00. The Balaban J connectivity index is 2.50. The third kappa shape index (κ3) is 2.39. The van der Waals surface area contributed by atoms with Gasteiger partial charge in [0.2, 0.25) is 0 Å². The highest BCUT2D eigenvalue weighted by molar-refractivity contribution is 5.97. The van der Waals surface area contributed by atoms with Crippen molar-refractivity contribution in [2.45, 2.75) is 33.0 Å². The molecule has 5 heteroatoms. The summed E-state index contributed by atoms with van der Waals surface area (Å²) in [7, 11) is 0. The SMILES string of the molecule is C=C(C)C1Oc2cc(C(C)=O)c(O)cc2C1OC(C)=O. The number of ether oxygens (including phenoxy) is 2. The lowest BCUT2D eigenvalue weighted by atomic mass is 9.99. The van der Waals surface area contributed by atoms with Gasteiger partial charge in [0, 0.05) is 12.5 Å². The molecule has 2 rings (SSSR count).